The van der Waals surface area contributed by atoms with Crippen LogP contribution in [0.3, 0.4) is 0 Å². The molecule has 27 heavy (non-hydrogen) atoms. The number of halogens is 1. The van der Waals surface area contributed by atoms with Crippen LogP contribution in [0, 0.1) is 12.7 Å². The standard InChI is InChI=1S/C19H26FN5O2/c1-14-9-15(20)11-16(10-14)25-13-18(21-22-25)19(26)24-7-8-27-17(12-24)5-4-6-23(2)3/h9-11,13,17H,4-8,12H2,1-3H3. The van der Waals surface area contributed by atoms with Gasteiger partial charge in [-0.15, -0.1) is 5.10 Å². The maximum absolute atomic E-state index is 13.6. The van der Waals surface area contributed by atoms with Gasteiger partial charge in [0.2, 0.25) is 0 Å². The normalized spacial score (nSPS) is 17.5. The third-order valence-electron chi connectivity index (χ3n) is 4.56. The van der Waals surface area contributed by atoms with Crippen molar-refractivity contribution in [3.63, 3.8) is 0 Å². The Labute approximate surface area is 158 Å². The number of aryl methyl sites for hydroxylation is 1. The molecule has 3 rings (SSSR count). The number of aromatic nitrogens is 3. The molecule has 1 aromatic carbocycles. The van der Waals surface area contributed by atoms with Crippen LogP contribution in [0.25, 0.3) is 5.69 Å². The molecule has 8 heteroatoms. The van der Waals surface area contributed by atoms with Crippen molar-refractivity contribution in [2.75, 3.05) is 40.3 Å². The zero-order valence-corrected chi connectivity index (χ0v) is 16.1. The Balaban J connectivity index is 1.64. The van der Waals surface area contributed by atoms with Gasteiger partial charge in [0.05, 0.1) is 24.6 Å². The number of benzene rings is 1. The summed E-state index contributed by atoms with van der Waals surface area (Å²) in [5.41, 5.74) is 1.58. The lowest BCUT2D eigenvalue weighted by Crippen LogP contribution is -2.45. The van der Waals surface area contributed by atoms with Gasteiger partial charge >= 0.3 is 0 Å². The minimum atomic E-state index is -0.345. The van der Waals surface area contributed by atoms with Gasteiger partial charge in [0.15, 0.2) is 5.69 Å². The van der Waals surface area contributed by atoms with Crippen molar-refractivity contribution in [3.8, 4) is 5.69 Å². The summed E-state index contributed by atoms with van der Waals surface area (Å²) in [5, 5.41) is 7.98. The van der Waals surface area contributed by atoms with E-state index in [2.05, 4.69) is 15.2 Å². The van der Waals surface area contributed by atoms with E-state index in [9.17, 15) is 9.18 Å². The monoisotopic (exact) mass is 375 g/mol. The second-order valence-corrected chi connectivity index (χ2v) is 7.22. The van der Waals surface area contributed by atoms with Gasteiger partial charge in [-0.05, 0) is 64.2 Å². The highest BCUT2D eigenvalue weighted by molar-refractivity contribution is 5.92. The zero-order valence-electron chi connectivity index (χ0n) is 16.1. The zero-order chi connectivity index (χ0) is 19.4. The van der Waals surface area contributed by atoms with Gasteiger partial charge in [0.1, 0.15) is 5.82 Å². The Kier molecular flexibility index (Phi) is 6.18. The molecule has 1 aromatic heterocycles. The Morgan fingerprint density at radius 2 is 2.19 bits per heavy atom. The number of morpholine rings is 1. The highest BCUT2D eigenvalue weighted by Gasteiger charge is 2.26. The molecule has 0 spiro atoms. The van der Waals surface area contributed by atoms with E-state index < -0.39 is 0 Å². The summed E-state index contributed by atoms with van der Waals surface area (Å²) in [6.07, 6.45) is 3.53. The second-order valence-electron chi connectivity index (χ2n) is 7.22. The topological polar surface area (TPSA) is 63.5 Å². The van der Waals surface area contributed by atoms with Gasteiger partial charge in [-0.25, -0.2) is 9.07 Å². The molecule has 0 radical (unpaired) electrons. The number of hydrogen-bond donors (Lipinski definition) is 0. The average Bonchev–Trinajstić information content (AvgIpc) is 3.10. The minimum absolute atomic E-state index is 0.0450. The maximum atomic E-state index is 13.6. The lowest BCUT2D eigenvalue weighted by Gasteiger charge is -2.32. The minimum Gasteiger partial charge on any atom is -0.375 e. The van der Waals surface area contributed by atoms with E-state index in [1.54, 1.807) is 24.1 Å². The molecule has 0 saturated carbocycles. The lowest BCUT2D eigenvalue weighted by molar-refractivity contribution is -0.0262. The summed E-state index contributed by atoms with van der Waals surface area (Å²) in [6.45, 7) is 4.41. The molecule has 1 fully saturated rings. The van der Waals surface area contributed by atoms with Gasteiger partial charge < -0.3 is 14.5 Å². The van der Waals surface area contributed by atoms with Crippen LogP contribution >= 0.6 is 0 Å². The van der Waals surface area contributed by atoms with Crippen LogP contribution in [-0.2, 0) is 4.74 Å². The number of amides is 1. The Bertz CT molecular complexity index is 772. The predicted octanol–water partition coefficient (Wildman–Crippen LogP) is 1.90. The van der Waals surface area contributed by atoms with Crippen LogP contribution in [-0.4, -0.2) is 77.1 Å². The van der Waals surface area contributed by atoms with Gasteiger partial charge in [-0.1, -0.05) is 5.21 Å². The van der Waals surface area contributed by atoms with Gasteiger partial charge in [-0.3, -0.25) is 4.79 Å². The molecular weight excluding hydrogens is 349 g/mol. The van der Waals surface area contributed by atoms with Crippen LogP contribution in [0.15, 0.2) is 24.4 Å². The van der Waals surface area contributed by atoms with Crippen molar-refractivity contribution < 1.29 is 13.9 Å². The Morgan fingerprint density at radius 1 is 1.37 bits per heavy atom. The molecule has 2 aromatic rings. The SMILES string of the molecule is Cc1cc(F)cc(-n2cc(C(=O)N3CCOC(CCCN(C)C)C3)nn2)c1. The third kappa shape index (κ3) is 5.11. The average molecular weight is 375 g/mol. The van der Waals surface area contributed by atoms with Gasteiger partial charge in [-0.2, -0.15) is 0 Å². The van der Waals surface area contributed by atoms with Crippen LogP contribution in [0.2, 0.25) is 0 Å². The Morgan fingerprint density at radius 3 is 2.93 bits per heavy atom. The number of carbonyl (C=O) groups is 1. The summed E-state index contributed by atoms with van der Waals surface area (Å²) in [6, 6.07) is 4.60. The van der Waals surface area contributed by atoms with E-state index >= 15 is 0 Å². The van der Waals surface area contributed by atoms with Crippen LogP contribution < -0.4 is 0 Å². The third-order valence-corrected chi connectivity index (χ3v) is 4.56. The van der Waals surface area contributed by atoms with Crippen molar-refractivity contribution in [2.24, 2.45) is 0 Å². The molecule has 7 nitrogen and oxygen atoms in total. The first-order valence-electron chi connectivity index (χ1n) is 9.18. The first kappa shape index (κ1) is 19.4. The molecule has 1 amide bonds. The lowest BCUT2D eigenvalue weighted by atomic mass is 10.1. The van der Waals surface area contributed by atoms with Crippen molar-refractivity contribution in [1.82, 2.24) is 24.8 Å². The quantitative estimate of drug-likeness (QED) is 0.772. The molecule has 0 aliphatic carbocycles. The fraction of sp³-hybridized carbons (Fsp3) is 0.526. The first-order chi connectivity index (χ1) is 12.9. The summed E-state index contributed by atoms with van der Waals surface area (Å²) in [4.78, 5) is 16.7. The number of ether oxygens (including phenoxy) is 1. The molecular formula is C19H26FN5O2. The van der Waals surface area contributed by atoms with E-state index in [1.807, 2.05) is 14.1 Å². The molecule has 1 aliphatic rings. The number of rotatable bonds is 6. The molecule has 1 atom stereocenters. The van der Waals surface area contributed by atoms with Crippen LogP contribution in [0.5, 0.6) is 0 Å². The summed E-state index contributed by atoms with van der Waals surface area (Å²) in [7, 11) is 4.09. The highest BCUT2D eigenvalue weighted by atomic mass is 19.1. The summed E-state index contributed by atoms with van der Waals surface area (Å²) in [5.74, 6) is -0.516. The smallest absolute Gasteiger partial charge is 0.276 e. The predicted molar refractivity (Wildman–Crippen MR) is 99.5 cm³/mol. The van der Waals surface area contributed by atoms with Crippen molar-refractivity contribution >= 4 is 5.91 Å². The van der Waals surface area contributed by atoms with Crippen molar-refractivity contribution in [2.45, 2.75) is 25.9 Å². The maximum Gasteiger partial charge on any atom is 0.276 e. The largest absolute Gasteiger partial charge is 0.375 e. The first-order valence-corrected chi connectivity index (χ1v) is 9.18. The molecule has 2 heterocycles. The van der Waals surface area contributed by atoms with Crippen LogP contribution in [0.1, 0.15) is 28.9 Å². The van der Waals surface area contributed by atoms with Gasteiger partial charge in [0.25, 0.3) is 5.91 Å². The van der Waals surface area contributed by atoms with E-state index in [0.717, 1.165) is 24.9 Å². The fourth-order valence-corrected chi connectivity index (χ4v) is 3.21. The molecule has 1 saturated heterocycles. The van der Waals surface area contributed by atoms with Crippen molar-refractivity contribution in [1.29, 1.82) is 0 Å². The second kappa shape index (κ2) is 8.58. The molecule has 146 valence electrons. The molecule has 1 unspecified atom stereocenters. The van der Waals surface area contributed by atoms with Crippen molar-refractivity contribution in [3.05, 3.63) is 41.5 Å². The number of carbonyl (C=O) groups excluding carboxylic acids is 1. The fourth-order valence-electron chi connectivity index (χ4n) is 3.21. The summed E-state index contributed by atoms with van der Waals surface area (Å²) >= 11 is 0. The Hall–Kier alpha value is -2.32. The van der Waals surface area contributed by atoms with Crippen LogP contribution in [0.4, 0.5) is 4.39 Å². The van der Waals surface area contributed by atoms with E-state index in [1.165, 1.54) is 16.8 Å². The van der Waals surface area contributed by atoms with E-state index in [-0.39, 0.29) is 23.5 Å². The highest BCUT2D eigenvalue weighted by Crippen LogP contribution is 2.15. The van der Waals surface area contributed by atoms with E-state index in [4.69, 9.17) is 4.74 Å². The van der Waals surface area contributed by atoms with E-state index in [0.29, 0.717) is 25.4 Å². The number of nitrogens with zero attached hydrogens (tertiary/aromatic N) is 5. The summed E-state index contributed by atoms with van der Waals surface area (Å²) < 4.78 is 20.8. The molecule has 0 N–H and O–H groups in total. The number of hydrogen-bond acceptors (Lipinski definition) is 5. The molecule has 1 aliphatic heterocycles. The van der Waals surface area contributed by atoms with Gasteiger partial charge in [0, 0.05) is 13.1 Å². The molecule has 0 bridgehead atoms.